The molecule has 0 saturated carbocycles. The summed E-state index contributed by atoms with van der Waals surface area (Å²) < 4.78 is 2.76. The molecule has 0 fully saturated rings. The first kappa shape index (κ1) is 30.6. The van der Waals surface area contributed by atoms with E-state index < -0.39 is 0 Å². The number of allylic oxidation sites excluding steroid dienone is 3. The van der Waals surface area contributed by atoms with Gasteiger partial charge in [-0.15, -0.1) is 11.3 Å². The van der Waals surface area contributed by atoms with E-state index in [1.165, 1.54) is 97.4 Å². The van der Waals surface area contributed by atoms with Crippen molar-refractivity contribution in [2.45, 2.75) is 18.8 Å². The van der Waals surface area contributed by atoms with Crippen LogP contribution in [0.25, 0.3) is 64.0 Å². The Morgan fingerprint density at radius 3 is 2.08 bits per heavy atom. The van der Waals surface area contributed by atoms with Crippen LogP contribution in [0.3, 0.4) is 0 Å². The van der Waals surface area contributed by atoms with E-state index >= 15 is 0 Å². The lowest BCUT2D eigenvalue weighted by molar-refractivity contribution is 0.503. The molecule has 0 saturated heterocycles. The fraction of sp³-hybridized carbons (Fsp3) is 0.0769. The molecule has 1 heterocycles. The number of hydrogen-bond acceptors (Lipinski definition) is 1. The van der Waals surface area contributed by atoms with Crippen molar-refractivity contribution in [2.75, 3.05) is 0 Å². The van der Waals surface area contributed by atoms with Crippen LogP contribution in [0.5, 0.6) is 0 Å². The van der Waals surface area contributed by atoms with Crippen molar-refractivity contribution in [3.63, 3.8) is 0 Å². The van der Waals surface area contributed by atoms with Gasteiger partial charge in [-0.3, -0.25) is 0 Å². The van der Waals surface area contributed by atoms with Crippen molar-refractivity contribution >= 4 is 64.2 Å². The minimum Gasteiger partial charge on any atom is -0.135 e. The van der Waals surface area contributed by atoms with Gasteiger partial charge in [0.2, 0.25) is 0 Å². The number of fused-ring (bicyclic) bond motifs is 7. The molecule has 0 nitrogen and oxygen atoms in total. The second kappa shape index (κ2) is 12.3. The molecule has 250 valence electrons. The standard InChI is InChI=1S/C52H36S/c1-2-14-34(15-3-1)38-29-30-45(41-18-7-6-17-40(38)41)51-44-21-9-8-20-43(44)50(37-26-25-33-13-4-5-16-35(33)31-37)48-32-36(27-28-46(48)51)39-22-12-23-47-42-19-10-11-24-49(42)53-52(39)47/h1-26,29-32,46,51H,27-28H2. The SMILES string of the molecule is C1=C(c2cccc3c2sc2ccccc23)CCC2C1=C(c1ccc3ccccc3c1)c1ccccc1C2c1ccc(-c2ccccc2)c2ccccc12. The van der Waals surface area contributed by atoms with E-state index in [0.717, 1.165) is 12.8 Å². The number of hydrogen-bond donors (Lipinski definition) is 0. The average Bonchev–Trinajstić information content (AvgIpc) is 3.61. The zero-order valence-electron chi connectivity index (χ0n) is 29.3. The van der Waals surface area contributed by atoms with Crippen LogP contribution in [0, 0.1) is 5.92 Å². The summed E-state index contributed by atoms with van der Waals surface area (Å²) in [6, 6.07) is 65.7. The second-order valence-corrected chi connectivity index (χ2v) is 15.7. The normalized spacial score (nSPS) is 16.9. The van der Waals surface area contributed by atoms with Gasteiger partial charge in [0.15, 0.2) is 0 Å². The van der Waals surface area contributed by atoms with Gasteiger partial charge in [0.05, 0.1) is 0 Å². The third-order valence-corrected chi connectivity index (χ3v) is 13.1. The van der Waals surface area contributed by atoms with E-state index in [4.69, 9.17) is 0 Å². The zero-order valence-corrected chi connectivity index (χ0v) is 30.1. The molecule has 0 amide bonds. The van der Waals surface area contributed by atoms with Crippen LogP contribution >= 0.6 is 11.3 Å². The highest BCUT2D eigenvalue weighted by molar-refractivity contribution is 7.26. The molecule has 0 aliphatic heterocycles. The Bertz CT molecular complexity index is 2960. The first-order chi connectivity index (χ1) is 26.3. The third kappa shape index (κ3) is 4.88. The molecule has 0 radical (unpaired) electrons. The topological polar surface area (TPSA) is 0 Å². The van der Waals surface area contributed by atoms with Gasteiger partial charge in [-0.25, -0.2) is 0 Å². The van der Waals surface area contributed by atoms with Gasteiger partial charge in [-0.05, 0) is 108 Å². The predicted molar refractivity (Wildman–Crippen MR) is 228 cm³/mol. The summed E-state index contributed by atoms with van der Waals surface area (Å²) in [6.45, 7) is 0. The molecule has 1 heteroatoms. The van der Waals surface area contributed by atoms with E-state index in [1.807, 2.05) is 11.3 Å². The number of thiophene rings is 1. The summed E-state index contributed by atoms with van der Waals surface area (Å²) in [5.74, 6) is 0.570. The van der Waals surface area contributed by atoms with Crippen LogP contribution in [-0.4, -0.2) is 0 Å². The average molecular weight is 693 g/mol. The van der Waals surface area contributed by atoms with Crippen molar-refractivity contribution in [3.8, 4) is 11.1 Å². The number of benzene rings is 8. The molecule has 2 aliphatic carbocycles. The van der Waals surface area contributed by atoms with Crippen molar-refractivity contribution in [2.24, 2.45) is 5.92 Å². The summed E-state index contributed by atoms with van der Waals surface area (Å²) in [5, 5.41) is 7.97. The predicted octanol–water partition coefficient (Wildman–Crippen LogP) is 14.5. The minimum absolute atomic E-state index is 0.234. The van der Waals surface area contributed by atoms with Crippen molar-refractivity contribution < 1.29 is 0 Å². The Morgan fingerprint density at radius 1 is 0.453 bits per heavy atom. The molecule has 11 rings (SSSR count). The maximum atomic E-state index is 2.61. The van der Waals surface area contributed by atoms with E-state index in [2.05, 4.69) is 182 Å². The summed E-state index contributed by atoms with van der Waals surface area (Å²) in [6.07, 6.45) is 4.75. The monoisotopic (exact) mass is 692 g/mol. The molecule has 0 bridgehead atoms. The molecule has 9 aromatic rings. The largest absolute Gasteiger partial charge is 0.135 e. The molecular formula is C52H36S. The second-order valence-electron chi connectivity index (χ2n) is 14.7. The van der Waals surface area contributed by atoms with Gasteiger partial charge in [0.1, 0.15) is 0 Å². The fourth-order valence-corrected chi connectivity index (χ4v) is 10.8. The molecule has 0 N–H and O–H groups in total. The van der Waals surface area contributed by atoms with Gasteiger partial charge in [-0.1, -0.05) is 170 Å². The lowest BCUT2D eigenvalue weighted by atomic mass is 9.63. The van der Waals surface area contributed by atoms with Crippen LogP contribution in [0.1, 0.15) is 46.6 Å². The Morgan fingerprint density at radius 2 is 1.17 bits per heavy atom. The van der Waals surface area contributed by atoms with Crippen LogP contribution in [0.2, 0.25) is 0 Å². The molecule has 8 aromatic carbocycles. The highest BCUT2D eigenvalue weighted by Gasteiger charge is 2.39. The van der Waals surface area contributed by atoms with Gasteiger partial charge in [0.25, 0.3) is 0 Å². The first-order valence-electron chi connectivity index (χ1n) is 18.8. The van der Waals surface area contributed by atoms with Gasteiger partial charge in [0, 0.05) is 26.1 Å². The van der Waals surface area contributed by atoms with Crippen LogP contribution in [0.4, 0.5) is 0 Å². The van der Waals surface area contributed by atoms with Crippen molar-refractivity contribution in [1.29, 1.82) is 0 Å². The highest BCUT2D eigenvalue weighted by Crippen LogP contribution is 2.55. The Kier molecular flexibility index (Phi) is 7.10. The summed E-state index contributed by atoms with van der Waals surface area (Å²) in [7, 11) is 0. The van der Waals surface area contributed by atoms with Crippen molar-refractivity contribution in [1.82, 2.24) is 0 Å². The molecule has 2 unspecified atom stereocenters. The first-order valence-corrected chi connectivity index (χ1v) is 19.6. The van der Waals surface area contributed by atoms with Crippen LogP contribution in [0.15, 0.2) is 188 Å². The zero-order chi connectivity index (χ0) is 34.9. The molecular weight excluding hydrogens is 657 g/mol. The fourth-order valence-electron chi connectivity index (χ4n) is 9.53. The van der Waals surface area contributed by atoms with E-state index in [0.29, 0.717) is 5.92 Å². The lowest BCUT2D eigenvalue weighted by Gasteiger charge is -2.40. The molecule has 0 spiro atoms. The smallest absolute Gasteiger partial charge is 0.0430 e. The van der Waals surface area contributed by atoms with Gasteiger partial charge in [-0.2, -0.15) is 0 Å². The Labute approximate surface area is 314 Å². The summed E-state index contributed by atoms with van der Waals surface area (Å²) >= 11 is 1.94. The molecule has 53 heavy (non-hydrogen) atoms. The van der Waals surface area contributed by atoms with Crippen LogP contribution < -0.4 is 0 Å². The summed E-state index contributed by atoms with van der Waals surface area (Å²) in [5.41, 5.74) is 13.8. The summed E-state index contributed by atoms with van der Waals surface area (Å²) in [4.78, 5) is 0. The van der Waals surface area contributed by atoms with Gasteiger partial charge >= 0.3 is 0 Å². The molecule has 2 atom stereocenters. The molecule has 1 aromatic heterocycles. The van der Waals surface area contributed by atoms with E-state index in [9.17, 15) is 0 Å². The molecule has 2 aliphatic rings. The Hall–Kier alpha value is -6.02. The minimum atomic E-state index is 0.234. The third-order valence-electron chi connectivity index (χ3n) is 11.9. The van der Waals surface area contributed by atoms with Crippen LogP contribution in [-0.2, 0) is 0 Å². The lowest BCUT2D eigenvalue weighted by Crippen LogP contribution is -2.25. The Balaban J connectivity index is 1.17. The quantitative estimate of drug-likeness (QED) is 0.172. The number of rotatable bonds is 4. The maximum absolute atomic E-state index is 2.61. The maximum Gasteiger partial charge on any atom is 0.0430 e. The van der Waals surface area contributed by atoms with E-state index in [-0.39, 0.29) is 5.92 Å². The van der Waals surface area contributed by atoms with E-state index in [1.54, 1.807) is 0 Å². The highest BCUT2D eigenvalue weighted by atomic mass is 32.1. The van der Waals surface area contributed by atoms with Gasteiger partial charge < -0.3 is 0 Å². The van der Waals surface area contributed by atoms with Crippen molar-refractivity contribution in [3.05, 3.63) is 215 Å².